The molecule has 0 radical (unpaired) electrons. The van der Waals surface area contributed by atoms with E-state index in [2.05, 4.69) is 43.4 Å². The molecule has 0 heterocycles. The minimum absolute atomic E-state index is 1.02. The van der Waals surface area contributed by atoms with Crippen molar-refractivity contribution in [3.05, 3.63) is 35.4 Å². The number of benzene rings is 1. The molecule has 0 amide bonds. The van der Waals surface area contributed by atoms with Gasteiger partial charge in [0.15, 0.2) is 0 Å². The lowest BCUT2D eigenvalue weighted by Gasteiger charge is -2.07. The number of nitrogens with one attached hydrogen (secondary N) is 1. The van der Waals surface area contributed by atoms with Crippen LogP contribution >= 0.6 is 0 Å². The molecule has 19 heavy (non-hydrogen) atoms. The molecule has 1 heteroatoms. The number of hydrogen-bond donors (Lipinski definition) is 1. The van der Waals surface area contributed by atoms with Crippen LogP contribution in [0.25, 0.3) is 0 Å². The highest BCUT2D eigenvalue weighted by atomic mass is 14.8. The van der Waals surface area contributed by atoms with Gasteiger partial charge in [-0.15, -0.1) is 0 Å². The standard InChI is InChI=1S/C18H31N/c1-3-4-5-6-7-8-9-12-15-19-16-18-14-11-10-13-17(18)2/h10-11,13-14,19H,3-9,12,15-16H2,1-2H3. The Kier molecular flexibility index (Phi) is 9.44. The zero-order chi connectivity index (χ0) is 13.8. The van der Waals surface area contributed by atoms with Crippen LogP contribution in [0.1, 0.15) is 69.4 Å². The number of rotatable bonds is 11. The fourth-order valence-electron chi connectivity index (χ4n) is 2.42. The number of unbranched alkanes of at least 4 members (excludes halogenated alkanes) is 7. The first kappa shape index (κ1) is 16.2. The number of aryl methyl sites for hydroxylation is 1. The van der Waals surface area contributed by atoms with Crippen LogP contribution in [0.5, 0.6) is 0 Å². The molecule has 0 unspecified atom stereocenters. The molecule has 1 rings (SSSR count). The van der Waals surface area contributed by atoms with E-state index in [-0.39, 0.29) is 0 Å². The van der Waals surface area contributed by atoms with Gasteiger partial charge in [-0.3, -0.25) is 0 Å². The van der Waals surface area contributed by atoms with E-state index in [0.29, 0.717) is 0 Å². The second-order valence-corrected chi connectivity index (χ2v) is 5.58. The molecule has 1 nitrogen and oxygen atoms in total. The third kappa shape index (κ3) is 8.05. The van der Waals surface area contributed by atoms with E-state index < -0.39 is 0 Å². The Morgan fingerprint density at radius 2 is 1.47 bits per heavy atom. The molecule has 0 atom stereocenters. The maximum Gasteiger partial charge on any atom is 0.0208 e. The number of hydrogen-bond acceptors (Lipinski definition) is 1. The fraction of sp³-hybridized carbons (Fsp3) is 0.667. The highest BCUT2D eigenvalue weighted by molar-refractivity contribution is 5.25. The molecule has 0 aliphatic carbocycles. The normalized spacial score (nSPS) is 10.8. The average Bonchev–Trinajstić information content (AvgIpc) is 2.43. The Labute approximate surface area is 119 Å². The van der Waals surface area contributed by atoms with Crippen LogP contribution in [0.4, 0.5) is 0 Å². The summed E-state index contributed by atoms with van der Waals surface area (Å²) in [6.07, 6.45) is 11.2. The van der Waals surface area contributed by atoms with Gasteiger partial charge in [0.1, 0.15) is 0 Å². The Morgan fingerprint density at radius 1 is 0.842 bits per heavy atom. The lowest BCUT2D eigenvalue weighted by Crippen LogP contribution is -2.15. The van der Waals surface area contributed by atoms with Gasteiger partial charge in [0.25, 0.3) is 0 Å². The highest BCUT2D eigenvalue weighted by Gasteiger charge is 1.96. The molecule has 0 aliphatic heterocycles. The monoisotopic (exact) mass is 261 g/mol. The molecule has 0 saturated carbocycles. The van der Waals surface area contributed by atoms with Crippen LogP contribution in [-0.4, -0.2) is 6.54 Å². The Bertz CT molecular complexity index is 319. The van der Waals surface area contributed by atoms with Crippen molar-refractivity contribution in [2.75, 3.05) is 6.54 Å². The molecule has 1 aromatic rings. The summed E-state index contributed by atoms with van der Waals surface area (Å²) in [7, 11) is 0. The van der Waals surface area contributed by atoms with Gasteiger partial charge in [-0.2, -0.15) is 0 Å². The largest absolute Gasteiger partial charge is 0.313 e. The summed E-state index contributed by atoms with van der Waals surface area (Å²) < 4.78 is 0. The van der Waals surface area contributed by atoms with Crippen LogP contribution in [0.2, 0.25) is 0 Å². The van der Waals surface area contributed by atoms with Gasteiger partial charge in [-0.05, 0) is 31.0 Å². The molecule has 0 aromatic heterocycles. The van der Waals surface area contributed by atoms with Crippen LogP contribution in [0.3, 0.4) is 0 Å². The minimum Gasteiger partial charge on any atom is -0.313 e. The average molecular weight is 261 g/mol. The third-order valence-electron chi connectivity index (χ3n) is 3.78. The zero-order valence-electron chi connectivity index (χ0n) is 12.9. The SMILES string of the molecule is CCCCCCCCCCNCc1ccccc1C. The predicted molar refractivity (Wildman–Crippen MR) is 85.5 cm³/mol. The van der Waals surface area contributed by atoms with Crippen LogP contribution in [0, 0.1) is 6.92 Å². The van der Waals surface area contributed by atoms with Crippen LogP contribution < -0.4 is 5.32 Å². The van der Waals surface area contributed by atoms with Crippen molar-refractivity contribution in [3.63, 3.8) is 0 Å². The topological polar surface area (TPSA) is 12.0 Å². The van der Waals surface area contributed by atoms with E-state index >= 15 is 0 Å². The van der Waals surface area contributed by atoms with Gasteiger partial charge in [0, 0.05) is 6.54 Å². The van der Waals surface area contributed by atoms with Crippen molar-refractivity contribution >= 4 is 0 Å². The lowest BCUT2D eigenvalue weighted by molar-refractivity contribution is 0.555. The summed E-state index contributed by atoms with van der Waals surface area (Å²) in [5.74, 6) is 0. The van der Waals surface area contributed by atoms with E-state index in [9.17, 15) is 0 Å². The maximum absolute atomic E-state index is 3.55. The Hall–Kier alpha value is -0.820. The van der Waals surface area contributed by atoms with Crippen molar-refractivity contribution in [2.45, 2.75) is 71.8 Å². The van der Waals surface area contributed by atoms with Crippen molar-refractivity contribution < 1.29 is 0 Å². The summed E-state index contributed by atoms with van der Waals surface area (Å²) in [4.78, 5) is 0. The molecule has 0 bridgehead atoms. The smallest absolute Gasteiger partial charge is 0.0208 e. The third-order valence-corrected chi connectivity index (χ3v) is 3.78. The minimum atomic E-state index is 1.02. The van der Waals surface area contributed by atoms with E-state index in [1.54, 1.807) is 0 Å². The van der Waals surface area contributed by atoms with E-state index in [0.717, 1.165) is 13.1 Å². The van der Waals surface area contributed by atoms with Gasteiger partial charge >= 0.3 is 0 Å². The van der Waals surface area contributed by atoms with E-state index in [1.807, 2.05) is 0 Å². The summed E-state index contributed by atoms with van der Waals surface area (Å²) in [6.45, 7) is 6.64. The van der Waals surface area contributed by atoms with E-state index in [4.69, 9.17) is 0 Å². The first-order valence-electron chi connectivity index (χ1n) is 8.10. The second kappa shape index (κ2) is 11.0. The Balaban J connectivity index is 1.90. The molecule has 0 saturated heterocycles. The molecular formula is C18H31N. The van der Waals surface area contributed by atoms with Gasteiger partial charge in [-0.25, -0.2) is 0 Å². The zero-order valence-corrected chi connectivity index (χ0v) is 12.9. The first-order chi connectivity index (χ1) is 9.34. The molecule has 0 aliphatic rings. The quantitative estimate of drug-likeness (QED) is 0.538. The van der Waals surface area contributed by atoms with Crippen LogP contribution in [0.15, 0.2) is 24.3 Å². The fourth-order valence-corrected chi connectivity index (χ4v) is 2.42. The molecule has 1 aromatic carbocycles. The van der Waals surface area contributed by atoms with Crippen LogP contribution in [-0.2, 0) is 6.54 Å². The summed E-state index contributed by atoms with van der Waals surface area (Å²) in [5, 5.41) is 3.55. The van der Waals surface area contributed by atoms with Gasteiger partial charge in [0.2, 0.25) is 0 Å². The van der Waals surface area contributed by atoms with E-state index in [1.165, 1.54) is 62.5 Å². The van der Waals surface area contributed by atoms with Crippen molar-refractivity contribution in [1.82, 2.24) is 5.32 Å². The molecule has 0 fully saturated rings. The predicted octanol–water partition coefficient (Wildman–Crippen LogP) is 5.23. The highest BCUT2D eigenvalue weighted by Crippen LogP contribution is 2.08. The summed E-state index contributed by atoms with van der Waals surface area (Å²) in [6, 6.07) is 8.64. The summed E-state index contributed by atoms with van der Waals surface area (Å²) >= 11 is 0. The molecular weight excluding hydrogens is 230 g/mol. The lowest BCUT2D eigenvalue weighted by atomic mass is 10.1. The summed E-state index contributed by atoms with van der Waals surface area (Å²) in [5.41, 5.74) is 2.83. The molecule has 1 N–H and O–H groups in total. The van der Waals surface area contributed by atoms with Crippen molar-refractivity contribution in [2.24, 2.45) is 0 Å². The molecule has 0 spiro atoms. The van der Waals surface area contributed by atoms with Gasteiger partial charge in [0.05, 0.1) is 0 Å². The van der Waals surface area contributed by atoms with Crippen molar-refractivity contribution in [3.8, 4) is 0 Å². The molecule has 108 valence electrons. The Morgan fingerprint density at radius 3 is 2.16 bits per heavy atom. The van der Waals surface area contributed by atoms with Gasteiger partial charge in [-0.1, -0.05) is 76.1 Å². The van der Waals surface area contributed by atoms with Crippen molar-refractivity contribution in [1.29, 1.82) is 0 Å². The maximum atomic E-state index is 3.55. The first-order valence-corrected chi connectivity index (χ1v) is 8.10. The second-order valence-electron chi connectivity index (χ2n) is 5.58. The van der Waals surface area contributed by atoms with Gasteiger partial charge < -0.3 is 5.32 Å².